The van der Waals surface area contributed by atoms with Gasteiger partial charge in [-0.2, -0.15) is 11.8 Å². The van der Waals surface area contributed by atoms with Crippen LogP contribution in [0.4, 0.5) is 8.78 Å². The molecule has 0 unspecified atom stereocenters. The van der Waals surface area contributed by atoms with E-state index in [1.54, 1.807) is 16.7 Å². The van der Waals surface area contributed by atoms with E-state index in [4.69, 9.17) is 5.73 Å². The average Bonchev–Trinajstić information content (AvgIpc) is 3.27. The van der Waals surface area contributed by atoms with Gasteiger partial charge in [-0.15, -0.1) is 0 Å². The zero-order chi connectivity index (χ0) is 15.4. The smallest absolute Gasteiger partial charge is 0.240 e. The zero-order valence-corrected chi connectivity index (χ0v) is 12.8. The molecule has 0 heterocycles. The van der Waals surface area contributed by atoms with Crippen molar-refractivity contribution in [3.05, 3.63) is 35.4 Å². The SMILES string of the molecule is CSCC[C@H](N)C(=O)N(Cc1ccc(F)cc1F)C1CC1. The maximum absolute atomic E-state index is 13.7. The van der Waals surface area contributed by atoms with Crippen LogP contribution < -0.4 is 5.73 Å². The topological polar surface area (TPSA) is 46.3 Å². The van der Waals surface area contributed by atoms with Crippen LogP contribution in [-0.4, -0.2) is 34.9 Å². The maximum Gasteiger partial charge on any atom is 0.240 e. The monoisotopic (exact) mass is 314 g/mol. The molecule has 1 aliphatic rings. The maximum atomic E-state index is 13.7. The Kier molecular flexibility index (Phi) is 5.58. The number of carbonyl (C=O) groups is 1. The number of amides is 1. The lowest BCUT2D eigenvalue weighted by Crippen LogP contribution is -2.44. The molecule has 1 aromatic carbocycles. The summed E-state index contributed by atoms with van der Waals surface area (Å²) in [6.45, 7) is 0.155. The van der Waals surface area contributed by atoms with E-state index >= 15 is 0 Å². The first-order chi connectivity index (χ1) is 10.0. The van der Waals surface area contributed by atoms with Gasteiger partial charge in [0.25, 0.3) is 0 Å². The Morgan fingerprint density at radius 1 is 1.48 bits per heavy atom. The highest BCUT2D eigenvalue weighted by Gasteiger charge is 2.35. The molecule has 1 atom stereocenters. The van der Waals surface area contributed by atoms with Crippen molar-refractivity contribution in [2.75, 3.05) is 12.0 Å². The van der Waals surface area contributed by atoms with Crippen molar-refractivity contribution in [2.45, 2.75) is 37.9 Å². The molecule has 21 heavy (non-hydrogen) atoms. The number of halogens is 2. The van der Waals surface area contributed by atoms with Gasteiger partial charge in [-0.1, -0.05) is 6.07 Å². The second kappa shape index (κ2) is 7.22. The largest absolute Gasteiger partial charge is 0.334 e. The molecule has 3 nitrogen and oxygen atoms in total. The Bertz CT molecular complexity index is 508. The van der Waals surface area contributed by atoms with Crippen LogP contribution in [0.15, 0.2) is 18.2 Å². The van der Waals surface area contributed by atoms with E-state index in [2.05, 4.69) is 0 Å². The summed E-state index contributed by atoms with van der Waals surface area (Å²) in [5, 5.41) is 0. The Labute approximate surface area is 127 Å². The second-order valence-corrected chi connectivity index (χ2v) is 6.31. The highest BCUT2D eigenvalue weighted by molar-refractivity contribution is 7.98. The van der Waals surface area contributed by atoms with Gasteiger partial charge in [-0.3, -0.25) is 4.79 Å². The van der Waals surface area contributed by atoms with E-state index in [1.165, 1.54) is 12.1 Å². The van der Waals surface area contributed by atoms with Crippen LogP contribution in [0.3, 0.4) is 0 Å². The van der Waals surface area contributed by atoms with Crippen LogP contribution >= 0.6 is 11.8 Å². The minimum Gasteiger partial charge on any atom is -0.334 e. The Hall–Kier alpha value is -1.14. The highest BCUT2D eigenvalue weighted by Crippen LogP contribution is 2.29. The molecule has 0 aliphatic heterocycles. The van der Waals surface area contributed by atoms with Crippen LogP contribution in [0, 0.1) is 11.6 Å². The van der Waals surface area contributed by atoms with E-state index in [0.29, 0.717) is 12.0 Å². The molecule has 116 valence electrons. The molecule has 1 aromatic rings. The van der Waals surface area contributed by atoms with Gasteiger partial charge in [-0.05, 0) is 37.3 Å². The molecule has 0 radical (unpaired) electrons. The summed E-state index contributed by atoms with van der Waals surface area (Å²) in [6.07, 6.45) is 4.41. The van der Waals surface area contributed by atoms with Gasteiger partial charge in [0.15, 0.2) is 0 Å². The predicted octanol–water partition coefficient (Wildman–Crippen LogP) is 2.54. The first kappa shape index (κ1) is 16.2. The van der Waals surface area contributed by atoms with Crippen molar-refractivity contribution < 1.29 is 13.6 Å². The Balaban J connectivity index is 2.07. The number of hydrogen-bond donors (Lipinski definition) is 1. The predicted molar refractivity (Wildman–Crippen MR) is 80.9 cm³/mol. The van der Waals surface area contributed by atoms with E-state index in [1.807, 2.05) is 6.26 Å². The lowest BCUT2D eigenvalue weighted by Gasteiger charge is -2.26. The van der Waals surface area contributed by atoms with Gasteiger partial charge in [-0.25, -0.2) is 8.78 Å². The molecule has 2 rings (SSSR count). The van der Waals surface area contributed by atoms with Gasteiger partial charge in [0.1, 0.15) is 11.6 Å². The van der Waals surface area contributed by atoms with Crippen molar-refractivity contribution in [3.8, 4) is 0 Å². The van der Waals surface area contributed by atoms with E-state index in [9.17, 15) is 13.6 Å². The Morgan fingerprint density at radius 3 is 2.76 bits per heavy atom. The van der Waals surface area contributed by atoms with Gasteiger partial charge in [0.2, 0.25) is 5.91 Å². The number of carbonyl (C=O) groups excluding carboxylic acids is 1. The van der Waals surface area contributed by atoms with Crippen LogP contribution in [0.1, 0.15) is 24.8 Å². The first-order valence-electron chi connectivity index (χ1n) is 7.02. The van der Waals surface area contributed by atoms with Gasteiger partial charge in [0.05, 0.1) is 6.04 Å². The molecule has 0 saturated heterocycles. The molecule has 1 fully saturated rings. The summed E-state index contributed by atoms with van der Waals surface area (Å²) in [7, 11) is 0. The number of nitrogens with two attached hydrogens (primary N) is 1. The fourth-order valence-corrected chi connectivity index (χ4v) is 2.68. The second-order valence-electron chi connectivity index (χ2n) is 5.32. The van der Waals surface area contributed by atoms with Crippen LogP contribution in [0.25, 0.3) is 0 Å². The van der Waals surface area contributed by atoms with Gasteiger partial charge in [0, 0.05) is 24.2 Å². The average molecular weight is 314 g/mol. The van der Waals surface area contributed by atoms with E-state index in [0.717, 1.165) is 24.7 Å². The van der Waals surface area contributed by atoms with Crippen molar-refractivity contribution in [1.29, 1.82) is 0 Å². The fraction of sp³-hybridized carbons (Fsp3) is 0.533. The minimum absolute atomic E-state index is 0.141. The van der Waals surface area contributed by atoms with Crippen LogP contribution in [-0.2, 0) is 11.3 Å². The highest BCUT2D eigenvalue weighted by atomic mass is 32.2. The van der Waals surface area contributed by atoms with Gasteiger partial charge >= 0.3 is 0 Å². The van der Waals surface area contributed by atoms with Crippen molar-refractivity contribution in [1.82, 2.24) is 4.90 Å². The number of thioether (sulfide) groups is 1. The van der Waals surface area contributed by atoms with Gasteiger partial charge < -0.3 is 10.6 Å². The summed E-state index contributed by atoms with van der Waals surface area (Å²) in [5.74, 6) is -0.560. The summed E-state index contributed by atoms with van der Waals surface area (Å²) in [4.78, 5) is 14.0. The molecular weight excluding hydrogens is 294 g/mol. The van der Waals surface area contributed by atoms with Crippen molar-refractivity contribution in [3.63, 3.8) is 0 Å². The number of hydrogen-bond acceptors (Lipinski definition) is 3. The normalized spacial score (nSPS) is 15.8. The molecule has 1 aliphatic carbocycles. The third kappa shape index (κ3) is 4.41. The third-order valence-corrected chi connectivity index (χ3v) is 4.22. The standard InChI is InChI=1S/C15H20F2N2OS/c1-21-7-6-14(18)15(20)19(12-4-5-12)9-10-2-3-11(16)8-13(10)17/h2-3,8,12,14H,4-7,9,18H2,1H3/t14-/m0/s1. The summed E-state index contributed by atoms with van der Waals surface area (Å²) in [6, 6.07) is 3.03. The Morgan fingerprint density at radius 2 is 2.19 bits per heavy atom. The molecule has 6 heteroatoms. The van der Waals surface area contributed by atoms with Crippen LogP contribution in [0.2, 0.25) is 0 Å². The summed E-state index contributed by atoms with van der Waals surface area (Å²) < 4.78 is 26.7. The molecular formula is C15H20F2N2OS. The lowest BCUT2D eigenvalue weighted by molar-refractivity contribution is -0.133. The third-order valence-electron chi connectivity index (χ3n) is 3.58. The lowest BCUT2D eigenvalue weighted by atomic mass is 10.1. The molecule has 0 aromatic heterocycles. The minimum atomic E-state index is -0.619. The van der Waals surface area contributed by atoms with Crippen molar-refractivity contribution >= 4 is 17.7 Å². The molecule has 0 bridgehead atoms. The zero-order valence-electron chi connectivity index (χ0n) is 12.0. The summed E-state index contributed by atoms with van der Waals surface area (Å²) in [5.41, 5.74) is 6.25. The van der Waals surface area contributed by atoms with E-state index in [-0.39, 0.29) is 18.5 Å². The number of benzene rings is 1. The fourth-order valence-electron chi connectivity index (χ4n) is 2.19. The first-order valence-corrected chi connectivity index (χ1v) is 8.41. The molecule has 1 saturated carbocycles. The molecule has 1 amide bonds. The van der Waals surface area contributed by atoms with Crippen LogP contribution in [0.5, 0.6) is 0 Å². The van der Waals surface area contributed by atoms with Crippen molar-refractivity contribution in [2.24, 2.45) is 5.73 Å². The summed E-state index contributed by atoms with van der Waals surface area (Å²) >= 11 is 1.64. The number of nitrogens with zero attached hydrogens (tertiary/aromatic N) is 1. The molecule has 0 spiro atoms. The quantitative estimate of drug-likeness (QED) is 0.841. The molecule has 2 N–H and O–H groups in total. The van der Waals surface area contributed by atoms with E-state index < -0.39 is 17.7 Å². The number of rotatable bonds is 7.